The molecule has 4 nitrogen and oxygen atoms in total. The van der Waals surface area contributed by atoms with Crippen molar-refractivity contribution in [2.24, 2.45) is 5.73 Å². The maximum atomic E-state index is 12.6. The zero-order chi connectivity index (χ0) is 16.7. The van der Waals surface area contributed by atoms with Crippen molar-refractivity contribution in [1.29, 1.82) is 0 Å². The van der Waals surface area contributed by atoms with Crippen molar-refractivity contribution < 1.29 is 17.7 Å². The fourth-order valence-electron chi connectivity index (χ4n) is 2.70. The number of alkyl halides is 3. The van der Waals surface area contributed by atoms with Crippen LogP contribution < -0.4 is 5.73 Å². The lowest BCUT2D eigenvalue weighted by Crippen LogP contribution is -2.44. The quantitative estimate of drug-likeness (QED) is 0.929. The highest BCUT2D eigenvalue weighted by atomic mass is 19.4. The predicted molar refractivity (Wildman–Crippen MR) is 77.6 cm³/mol. The number of nitrogens with two attached hydrogens (primary N) is 1. The highest BCUT2D eigenvalue weighted by Crippen LogP contribution is 2.37. The smallest absolute Gasteiger partial charge is 0.339 e. The van der Waals surface area contributed by atoms with Gasteiger partial charge < -0.3 is 10.3 Å². The van der Waals surface area contributed by atoms with E-state index in [2.05, 4.69) is 10.1 Å². The maximum absolute atomic E-state index is 12.6. The minimum Gasteiger partial charge on any atom is -0.339 e. The number of hydrogen-bond acceptors (Lipinski definition) is 4. The van der Waals surface area contributed by atoms with Crippen LogP contribution >= 0.6 is 0 Å². The Kier molecular flexibility index (Phi) is 3.91. The van der Waals surface area contributed by atoms with Gasteiger partial charge in [0.05, 0.1) is 11.1 Å². The molecule has 7 heteroatoms. The Morgan fingerprint density at radius 3 is 2.43 bits per heavy atom. The zero-order valence-electron chi connectivity index (χ0n) is 12.7. The lowest BCUT2D eigenvalue weighted by atomic mass is 9.77. The van der Waals surface area contributed by atoms with Crippen LogP contribution in [0.1, 0.15) is 54.9 Å². The van der Waals surface area contributed by atoms with E-state index in [0.29, 0.717) is 18.1 Å². The van der Waals surface area contributed by atoms with Gasteiger partial charge in [0.1, 0.15) is 0 Å². The highest BCUT2D eigenvalue weighted by Gasteiger charge is 2.39. The van der Waals surface area contributed by atoms with E-state index in [4.69, 9.17) is 10.3 Å². The van der Waals surface area contributed by atoms with Gasteiger partial charge in [-0.1, -0.05) is 24.2 Å². The van der Waals surface area contributed by atoms with Gasteiger partial charge in [-0.2, -0.15) is 18.2 Å². The third kappa shape index (κ3) is 3.24. The molecule has 2 N–H and O–H groups in total. The van der Waals surface area contributed by atoms with Crippen LogP contribution in [-0.2, 0) is 18.1 Å². The van der Waals surface area contributed by atoms with Crippen molar-refractivity contribution in [1.82, 2.24) is 10.1 Å². The molecule has 1 atom stereocenters. The summed E-state index contributed by atoms with van der Waals surface area (Å²) in [6.45, 7) is 1.91. The van der Waals surface area contributed by atoms with Crippen LogP contribution in [0, 0.1) is 0 Å². The van der Waals surface area contributed by atoms with Crippen molar-refractivity contribution in [2.75, 3.05) is 0 Å². The van der Waals surface area contributed by atoms with Gasteiger partial charge in [-0.3, -0.25) is 0 Å². The largest absolute Gasteiger partial charge is 0.416 e. The predicted octanol–water partition coefficient (Wildman–Crippen LogP) is 3.77. The molecule has 0 aliphatic heterocycles. The number of benzene rings is 1. The van der Waals surface area contributed by atoms with Crippen LogP contribution in [0.3, 0.4) is 0 Å². The van der Waals surface area contributed by atoms with E-state index in [1.165, 1.54) is 12.1 Å². The van der Waals surface area contributed by atoms with E-state index in [9.17, 15) is 13.2 Å². The summed E-state index contributed by atoms with van der Waals surface area (Å²) in [6, 6.07) is 5.16. The summed E-state index contributed by atoms with van der Waals surface area (Å²) >= 11 is 0. The van der Waals surface area contributed by atoms with E-state index in [0.717, 1.165) is 37.0 Å². The molecule has 23 heavy (non-hydrogen) atoms. The molecule has 124 valence electrons. The molecular formula is C16H18F3N3O. The first-order valence-corrected chi connectivity index (χ1v) is 7.57. The van der Waals surface area contributed by atoms with Crippen molar-refractivity contribution in [3.63, 3.8) is 0 Å². The molecule has 1 heterocycles. The summed E-state index contributed by atoms with van der Waals surface area (Å²) < 4.78 is 43.0. The zero-order valence-corrected chi connectivity index (χ0v) is 12.7. The molecule has 2 aromatic rings. The molecule has 1 aromatic heterocycles. The third-order valence-electron chi connectivity index (χ3n) is 4.45. The Balaban J connectivity index is 1.68. The highest BCUT2D eigenvalue weighted by molar-refractivity contribution is 5.27. The monoisotopic (exact) mass is 325 g/mol. The number of rotatable bonds is 4. The van der Waals surface area contributed by atoms with Crippen molar-refractivity contribution in [3.8, 4) is 0 Å². The van der Waals surface area contributed by atoms with Gasteiger partial charge in [0.2, 0.25) is 5.89 Å². The van der Waals surface area contributed by atoms with Gasteiger partial charge in [0.15, 0.2) is 5.82 Å². The topological polar surface area (TPSA) is 64.9 Å². The minimum atomic E-state index is -4.32. The van der Waals surface area contributed by atoms with Crippen molar-refractivity contribution >= 4 is 0 Å². The number of aromatic nitrogens is 2. The second-order valence-electron chi connectivity index (χ2n) is 6.25. The van der Waals surface area contributed by atoms with Gasteiger partial charge in [-0.25, -0.2) is 0 Å². The SMILES string of the molecule is CC(Cc1nc(C2(N)CCC2)no1)c1ccc(C(F)(F)F)cc1. The molecule has 0 amide bonds. The Hall–Kier alpha value is -1.89. The first-order chi connectivity index (χ1) is 10.8. The molecule has 0 bridgehead atoms. The Labute approximate surface area is 131 Å². The fraction of sp³-hybridized carbons (Fsp3) is 0.500. The maximum Gasteiger partial charge on any atom is 0.416 e. The molecule has 0 spiro atoms. The van der Waals surface area contributed by atoms with Crippen LogP contribution in [0.5, 0.6) is 0 Å². The molecular weight excluding hydrogens is 307 g/mol. The number of nitrogens with zero attached hydrogens (tertiary/aromatic N) is 2. The molecule has 1 unspecified atom stereocenters. The third-order valence-corrected chi connectivity index (χ3v) is 4.45. The molecule has 0 radical (unpaired) electrons. The Bertz CT molecular complexity index is 675. The molecule has 1 aliphatic carbocycles. The average molecular weight is 325 g/mol. The summed E-state index contributed by atoms with van der Waals surface area (Å²) in [7, 11) is 0. The summed E-state index contributed by atoms with van der Waals surface area (Å²) in [5.74, 6) is 0.961. The Morgan fingerprint density at radius 1 is 1.26 bits per heavy atom. The van der Waals surface area contributed by atoms with Gasteiger partial charge in [0.25, 0.3) is 0 Å². The van der Waals surface area contributed by atoms with Crippen LogP contribution in [0.15, 0.2) is 28.8 Å². The summed E-state index contributed by atoms with van der Waals surface area (Å²) in [4.78, 5) is 4.34. The van der Waals surface area contributed by atoms with Crippen molar-refractivity contribution in [2.45, 2.75) is 50.2 Å². The average Bonchev–Trinajstić information content (AvgIpc) is 2.93. The first kappa shape index (κ1) is 16.0. The fourth-order valence-corrected chi connectivity index (χ4v) is 2.70. The summed E-state index contributed by atoms with van der Waals surface area (Å²) in [5.41, 5.74) is 5.82. The lowest BCUT2D eigenvalue weighted by Gasteiger charge is -2.34. The van der Waals surface area contributed by atoms with Crippen molar-refractivity contribution in [3.05, 3.63) is 47.1 Å². The molecule has 1 aliphatic rings. The molecule has 1 saturated carbocycles. The van der Waals surface area contributed by atoms with Crippen LogP contribution in [-0.4, -0.2) is 10.1 Å². The molecule has 1 fully saturated rings. The standard InChI is InChI=1S/C16H18F3N3O/c1-10(11-3-5-12(6-4-11)16(17,18)19)9-13-21-14(22-23-13)15(20)7-2-8-15/h3-6,10H,2,7-9,20H2,1H3. The molecule has 1 aromatic carbocycles. The second kappa shape index (κ2) is 5.63. The number of halogens is 3. The minimum absolute atomic E-state index is 0.0271. The van der Waals surface area contributed by atoms with Gasteiger partial charge in [-0.05, 0) is 42.9 Å². The number of hydrogen-bond donors (Lipinski definition) is 1. The van der Waals surface area contributed by atoms with E-state index in [-0.39, 0.29) is 5.92 Å². The van der Waals surface area contributed by atoms with Gasteiger partial charge in [0, 0.05) is 6.42 Å². The van der Waals surface area contributed by atoms with E-state index < -0.39 is 17.3 Å². The normalized spacial score (nSPS) is 18.5. The first-order valence-electron chi connectivity index (χ1n) is 7.57. The van der Waals surface area contributed by atoms with E-state index >= 15 is 0 Å². The molecule has 3 rings (SSSR count). The van der Waals surface area contributed by atoms with Crippen LogP contribution in [0.4, 0.5) is 13.2 Å². The Morgan fingerprint density at radius 2 is 1.91 bits per heavy atom. The lowest BCUT2D eigenvalue weighted by molar-refractivity contribution is -0.137. The van der Waals surface area contributed by atoms with Gasteiger partial charge >= 0.3 is 6.18 Å². The summed E-state index contributed by atoms with van der Waals surface area (Å²) in [6.07, 6.45) is -1.10. The van der Waals surface area contributed by atoms with E-state index in [1.807, 2.05) is 6.92 Å². The van der Waals surface area contributed by atoms with E-state index in [1.54, 1.807) is 0 Å². The van der Waals surface area contributed by atoms with Crippen LogP contribution in [0.25, 0.3) is 0 Å². The summed E-state index contributed by atoms with van der Waals surface area (Å²) in [5, 5.41) is 3.94. The van der Waals surface area contributed by atoms with Crippen LogP contribution in [0.2, 0.25) is 0 Å². The second-order valence-corrected chi connectivity index (χ2v) is 6.25. The van der Waals surface area contributed by atoms with Gasteiger partial charge in [-0.15, -0.1) is 0 Å². The molecule has 0 saturated heterocycles.